The first kappa shape index (κ1) is 19.3. The van der Waals surface area contributed by atoms with Crippen LogP contribution in [0.2, 0.25) is 0 Å². The van der Waals surface area contributed by atoms with Crippen LogP contribution >= 0.6 is 11.8 Å². The summed E-state index contributed by atoms with van der Waals surface area (Å²) in [5, 5.41) is 3.83. The van der Waals surface area contributed by atoms with Gasteiger partial charge in [0, 0.05) is 40.8 Å². The molecule has 1 aliphatic heterocycles. The number of piperidine rings is 1. The van der Waals surface area contributed by atoms with Crippen LogP contribution in [0.1, 0.15) is 24.8 Å². The lowest BCUT2D eigenvalue weighted by Gasteiger charge is -2.27. The van der Waals surface area contributed by atoms with Crippen molar-refractivity contribution in [1.82, 2.24) is 9.47 Å². The van der Waals surface area contributed by atoms with E-state index in [-0.39, 0.29) is 5.91 Å². The average Bonchev–Trinajstić information content (AvgIpc) is 3.15. The number of hydrogen-bond acceptors (Lipinski definition) is 2. The highest BCUT2D eigenvalue weighted by Crippen LogP contribution is 2.34. The molecule has 1 amide bonds. The number of thioether (sulfide) groups is 1. The van der Waals surface area contributed by atoms with E-state index in [1.807, 2.05) is 16.7 Å². The zero-order valence-electron chi connectivity index (χ0n) is 17.1. The summed E-state index contributed by atoms with van der Waals surface area (Å²) in [6.45, 7) is 2.23. The number of benzene rings is 3. The van der Waals surface area contributed by atoms with E-state index < -0.39 is 0 Å². The van der Waals surface area contributed by atoms with Crippen LogP contribution in [-0.2, 0) is 17.1 Å². The maximum absolute atomic E-state index is 12.8. The molecule has 3 nitrogen and oxygen atoms in total. The third-order valence-electron chi connectivity index (χ3n) is 6.03. The molecule has 4 heteroatoms. The number of aromatic nitrogens is 1. The lowest BCUT2D eigenvalue weighted by Crippen LogP contribution is -2.37. The Morgan fingerprint density at radius 2 is 1.57 bits per heavy atom. The topological polar surface area (TPSA) is 25.2 Å². The first-order chi connectivity index (χ1) is 14.8. The monoisotopic (exact) mass is 414 g/mol. The van der Waals surface area contributed by atoms with Gasteiger partial charge in [0.2, 0.25) is 5.91 Å². The van der Waals surface area contributed by atoms with E-state index in [1.165, 1.54) is 33.0 Å². The van der Waals surface area contributed by atoms with Crippen molar-refractivity contribution in [1.29, 1.82) is 0 Å². The minimum Gasteiger partial charge on any atom is -0.341 e. The zero-order valence-corrected chi connectivity index (χ0v) is 17.9. The fourth-order valence-electron chi connectivity index (χ4n) is 4.42. The van der Waals surface area contributed by atoms with Crippen LogP contribution in [-0.4, -0.2) is 28.5 Å². The first-order valence-corrected chi connectivity index (χ1v) is 11.7. The average molecular weight is 415 g/mol. The largest absolute Gasteiger partial charge is 0.341 e. The molecule has 0 aliphatic carbocycles. The second-order valence-electron chi connectivity index (χ2n) is 8.01. The van der Waals surface area contributed by atoms with Crippen LogP contribution < -0.4 is 0 Å². The van der Waals surface area contributed by atoms with Gasteiger partial charge < -0.3 is 9.47 Å². The normalized spacial score (nSPS) is 14.5. The predicted molar refractivity (Wildman–Crippen MR) is 126 cm³/mol. The van der Waals surface area contributed by atoms with Crippen molar-refractivity contribution in [2.24, 2.45) is 0 Å². The fraction of sp³-hybridized carbons (Fsp3) is 0.269. The lowest BCUT2D eigenvalue weighted by molar-refractivity contribution is -0.132. The van der Waals surface area contributed by atoms with E-state index in [0.29, 0.717) is 6.54 Å². The standard InChI is InChI=1S/C26H26N2OS/c29-26(27-15-6-1-7-16-27)18-28-17-25(23-13-4-5-14-24(23)28)30-19-21-11-8-10-20-9-2-3-12-22(20)21/h2-5,8-14,17H,1,6-7,15-16,18-19H2. The highest BCUT2D eigenvalue weighted by Gasteiger charge is 2.18. The molecule has 30 heavy (non-hydrogen) atoms. The quantitative estimate of drug-likeness (QED) is 0.369. The van der Waals surface area contributed by atoms with E-state index in [0.717, 1.165) is 37.2 Å². The second kappa shape index (κ2) is 8.57. The number of carbonyl (C=O) groups is 1. The third kappa shape index (κ3) is 3.84. The van der Waals surface area contributed by atoms with Gasteiger partial charge in [0.15, 0.2) is 0 Å². The Balaban J connectivity index is 1.40. The summed E-state index contributed by atoms with van der Waals surface area (Å²) in [6, 6.07) is 23.5. The summed E-state index contributed by atoms with van der Waals surface area (Å²) in [6.07, 6.45) is 5.67. The van der Waals surface area contributed by atoms with Gasteiger partial charge in [0.25, 0.3) is 0 Å². The maximum Gasteiger partial charge on any atom is 0.242 e. The molecule has 1 saturated heterocycles. The molecule has 1 fully saturated rings. The molecule has 0 saturated carbocycles. The number of hydrogen-bond donors (Lipinski definition) is 0. The van der Waals surface area contributed by atoms with E-state index in [1.54, 1.807) is 0 Å². The lowest BCUT2D eigenvalue weighted by atomic mass is 10.1. The molecule has 1 aromatic heterocycles. The van der Waals surface area contributed by atoms with E-state index >= 15 is 0 Å². The Morgan fingerprint density at radius 3 is 2.43 bits per heavy atom. The van der Waals surface area contributed by atoms with Gasteiger partial charge in [-0.1, -0.05) is 60.7 Å². The highest BCUT2D eigenvalue weighted by molar-refractivity contribution is 7.98. The Bertz CT molecular complexity index is 1180. The molecule has 0 bridgehead atoms. The zero-order chi connectivity index (χ0) is 20.3. The van der Waals surface area contributed by atoms with E-state index in [9.17, 15) is 4.79 Å². The van der Waals surface area contributed by atoms with Gasteiger partial charge in [-0.15, -0.1) is 11.8 Å². The van der Waals surface area contributed by atoms with Crippen molar-refractivity contribution >= 4 is 39.3 Å². The van der Waals surface area contributed by atoms with Gasteiger partial charge >= 0.3 is 0 Å². The summed E-state index contributed by atoms with van der Waals surface area (Å²) in [5.74, 6) is 1.15. The molecule has 0 unspecified atom stereocenters. The molecule has 152 valence electrons. The number of likely N-dealkylation sites (tertiary alicyclic amines) is 1. The summed E-state index contributed by atoms with van der Waals surface area (Å²) < 4.78 is 2.14. The van der Waals surface area contributed by atoms with Gasteiger partial charge in [0.1, 0.15) is 6.54 Å². The molecular weight excluding hydrogens is 388 g/mol. The van der Waals surface area contributed by atoms with E-state index in [4.69, 9.17) is 0 Å². The second-order valence-corrected chi connectivity index (χ2v) is 9.02. The number of nitrogens with zero attached hydrogens (tertiary/aromatic N) is 2. The molecule has 2 heterocycles. The molecule has 3 aromatic carbocycles. The van der Waals surface area contributed by atoms with E-state index in [2.05, 4.69) is 77.5 Å². The number of amides is 1. The summed E-state index contributed by atoms with van der Waals surface area (Å²) in [5.41, 5.74) is 2.49. The first-order valence-electron chi connectivity index (χ1n) is 10.7. The predicted octanol–water partition coefficient (Wildman–Crippen LogP) is 6.10. The van der Waals surface area contributed by atoms with Crippen LogP contribution in [0.25, 0.3) is 21.7 Å². The van der Waals surface area contributed by atoms with Crippen molar-refractivity contribution in [2.75, 3.05) is 13.1 Å². The van der Waals surface area contributed by atoms with Gasteiger partial charge in [0.05, 0.1) is 0 Å². The molecule has 0 radical (unpaired) electrons. The van der Waals surface area contributed by atoms with Crippen LogP contribution in [0.3, 0.4) is 0 Å². The molecule has 0 spiro atoms. The number of fused-ring (bicyclic) bond motifs is 2. The molecular formula is C26H26N2OS. The minimum atomic E-state index is 0.237. The third-order valence-corrected chi connectivity index (χ3v) is 7.12. The maximum atomic E-state index is 12.8. The van der Waals surface area contributed by atoms with Gasteiger partial charge in [-0.2, -0.15) is 0 Å². The Labute approximate surface area is 181 Å². The summed E-state index contributed by atoms with van der Waals surface area (Å²) >= 11 is 1.86. The molecule has 0 atom stereocenters. The van der Waals surface area contributed by atoms with Crippen LogP contribution in [0.5, 0.6) is 0 Å². The molecule has 0 N–H and O–H groups in total. The fourth-order valence-corrected chi connectivity index (χ4v) is 5.51. The number of carbonyl (C=O) groups excluding carboxylic acids is 1. The highest BCUT2D eigenvalue weighted by atomic mass is 32.2. The molecule has 5 rings (SSSR count). The van der Waals surface area contributed by atoms with Crippen LogP contribution in [0.15, 0.2) is 77.8 Å². The van der Waals surface area contributed by atoms with Crippen molar-refractivity contribution in [3.05, 3.63) is 78.5 Å². The summed E-state index contributed by atoms with van der Waals surface area (Å²) in [4.78, 5) is 16.1. The van der Waals surface area contributed by atoms with Gasteiger partial charge in [-0.05, 0) is 41.7 Å². The van der Waals surface area contributed by atoms with Crippen LogP contribution in [0.4, 0.5) is 0 Å². The van der Waals surface area contributed by atoms with Crippen molar-refractivity contribution in [3.8, 4) is 0 Å². The Hall–Kier alpha value is -2.72. The Kier molecular flexibility index (Phi) is 5.50. The number of para-hydroxylation sites is 1. The molecule has 1 aliphatic rings. The summed E-state index contributed by atoms with van der Waals surface area (Å²) in [7, 11) is 0. The van der Waals surface area contributed by atoms with Crippen molar-refractivity contribution < 1.29 is 4.79 Å². The van der Waals surface area contributed by atoms with Crippen molar-refractivity contribution in [3.63, 3.8) is 0 Å². The smallest absolute Gasteiger partial charge is 0.242 e. The molecule has 4 aromatic rings. The van der Waals surface area contributed by atoms with Crippen LogP contribution in [0, 0.1) is 0 Å². The number of rotatable bonds is 5. The van der Waals surface area contributed by atoms with Gasteiger partial charge in [-0.25, -0.2) is 0 Å². The van der Waals surface area contributed by atoms with Gasteiger partial charge in [-0.3, -0.25) is 4.79 Å². The minimum absolute atomic E-state index is 0.237. The SMILES string of the molecule is O=C(Cn1cc(SCc2cccc3ccccc23)c2ccccc21)N1CCCCC1. The van der Waals surface area contributed by atoms with Crippen molar-refractivity contribution in [2.45, 2.75) is 36.5 Å². The Morgan fingerprint density at radius 1 is 0.833 bits per heavy atom.